The second-order valence-corrected chi connectivity index (χ2v) is 6.99. The number of ether oxygens (including phenoxy) is 2. The number of anilines is 1. The first-order valence-corrected chi connectivity index (χ1v) is 9.25. The minimum atomic E-state index is -0.334. The SMILES string of the molecule is O=C(Nc1ccc2c(c1)OCCO2)c1ccc(-c2nc3ccccc3s2)o1. The highest BCUT2D eigenvalue weighted by Crippen LogP contribution is 2.33. The fourth-order valence-corrected chi connectivity index (χ4v) is 3.79. The summed E-state index contributed by atoms with van der Waals surface area (Å²) in [6.07, 6.45) is 0. The monoisotopic (exact) mass is 378 g/mol. The van der Waals surface area contributed by atoms with Crippen molar-refractivity contribution in [3.05, 3.63) is 60.4 Å². The molecule has 0 saturated heterocycles. The molecule has 5 rings (SSSR count). The van der Waals surface area contributed by atoms with Gasteiger partial charge in [0.05, 0.1) is 10.2 Å². The van der Waals surface area contributed by atoms with Crippen molar-refractivity contribution in [3.8, 4) is 22.3 Å². The third kappa shape index (κ3) is 3.02. The molecule has 1 aliphatic heterocycles. The number of hydrogen-bond acceptors (Lipinski definition) is 6. The Labute approximate surface area is 158 Å². The average Bonchev–Trinajstić information content (AvgIpc) is 3.35. The summed E-state index contributed by atoms with van der Waals surface area (Å²) in [6.45, 7) is 1.02. The molecule has 1 aliphatic rings. The molecule has 0 radical (unpaired) electrons. The van der Waals surface area contributed by atoms with Crippen LogP contribution in [0.1, 0.15) is 10.6 Å². The number of furan rings is 1. The third-order valence-corrected chi connectivity index (χ3v) is 5.19. The molecule has 134 valence electrons. The molecule has 0 saturated carbocycles. The summed E-state index contributed by atoms with van der Waals surface area (Å²) >= 11 is 1.53. The topological polar surface area (TPSA) is 73.6 Å². The lowest BCUT2D eigenvalue weighted by Crippen LogP contribution is -2.16. The van der Waals surface area contributed by atoms with E-state index in [1.54, 1.807) is 30.3 Å². The van der Waals surface area contributed by atoms with Gasteiger partial charge in [-0.25, -0.2) is 4.98 Å². The Kier molecular flexibility index (Phi) is 3.79. The van der Waals surface area contributed by atoms with Crippen molar-refractivity contribution in [1.82, 2.24) is 4.98 Å². The van der Waals surface area contributed by atoms with Gasteiger partial charge in [0.2, 0.25) is 0 Å². The molecule has 2 aromatic heterocycles. The van der Waals surface area contributed by atoms with Crippen LogP contribution < -0.4 is 14.8 Å². The number of carbonyl (C=O) groups excluding carboxylic acids is 1. The van der Waals surface area contributed by atoms with E-state index >= 15 is 0 Å². The molecule has 4 aromatic rings. The molecule has 6 nitrogen and oxygen atoms in total. The van der Waals surface area contributed by atoms with Crippen LogP contribution in [0.4, 0.5) is 5.69 Å². The minimum Gasteiger partial charge on any atom is -0.486 e. The zero-order chi connectivity index (χ0) is 18.2. The highest BCUT2D eigenvalue weighted by Gasteiger charge is 2.17. The first-order chi connectivity index (χ1) is 13.3. The number of nitrogens with one attached hydrogen (secondary N) is 1. The molecule has 27 heavy (non-hydrogen) atoms. The van der Waals surface area contributed by atoms with E-state index in [4.69, 9.17) is 13.9 Å². The van der Waals surface area contributed by atoms with Gasteiger partial charge in [-0.05, 0) is 36.4 Å². The molecular formula is C20H14N2O4S. The number of carbonyl (C=O) groups is 1. The molecule has 3 heterocycles. The lowest BCUT2D eigenvalue weighted by molar-refractivity contribution is 0.0997. The van der Waals surface area contributed by atoms with Gasteiger partial charge in [0.1, 0.15) is 13.2 Å². The van der Waals surface area contributed by atoms with Gasteiger partial charge < -0.3 is 19.2 Å². The van der Waals surface area contributed by atoms with Gasteiger partial charge in [0.15, 0.2) is 28.0 Å². The molecule has 1 amide bonds. The summed E-state index contributed by atoms with van der Waals surface area (Å²) < 4.78 is 17.8. The van der Waals surface area contributed by atoms with E-state index in [0.29, 0.717) is 36.2 Å². The number of aromatic nitrogens is 1. The number of thiazole rings is 1. The fraction of sp³-hybridized carbons (Fsp3) is 0.100. The van der Waals surface area contributed by atoms with E-state index in [1.165, 1.54) is 11.3 Å². The predicted octanol–water partition coefficient (Wildman–Crippen LogP) is 4.58. The average molecular weight is 378 g/mol. The quantitative estimate of drug-likeness (QED) is 0.565. The van der Waals surface area contributed by atoms with Crippen molar-refractivity contribution < 1.29 is 18.7 Å². The van der Waals surface area contributed by atoms with Gasteiger partial charge in [-0.2, -0.15) is 0 Å². The Morgan fingerprint density at radius 3 is 2.74 bits per heavy atom. The van der Waals surface area contributed by atoms with Crippen molar-refractivity contribution in [1.29, 1.82) is 0 Å². The molecule has 0 spiro atoms. The largest absolute Gasteiger partial charge is 0.486 e. The van der Waals surface area contributed by atoms with Crippen LogP contribution >= 0.6 is 11.3 Å². The summed E-state index contributed by atoms with van der Waals surface area (Å²) in [5, 5.41) is 3.56. The van der Waals surface area contributed by atoms with E-state index in [1.807, 2.05) is 24.3 Å². The summed E-state index contributed by atoms with van der Waals surface area (Å²) in [6, 6.07) is 16.6. The zero-order valence-corrected chi connectivity index (χ0v) is 14.9. The van der Waals surface area contributed by atoms with Crippen LogP contribution in [-0.4, -0.2) is 24.1 Å². The van der Waals surface area contributed by atoms with Crippen molar-refractivity contribution in [3.63, 3.8) is 0 Å². The summed E-state index contributed by atoms with van der Waals surface area (Å²) in [5.41, 5.74) is 1.53. The van der Waals surface area contributed by atoms with Crippen molar-refractivity contribution >= 4 is 33.1 Å². The lowest BCUT2D eigenvalue weighted by atomic mass is 10.2. The predicted molar refractivity (Wildman–Crippen MR) is 103 cm³/mol. The van der Waals surface area contributed by atoms with Gasteiger partial charge in [-0.3, -0.25) is 4.79 Å². The zero-order valence-electron chi connectivity index (χ0n) is 14.1. The number of rotatable bonds is 3. The Morgan fingerprint density at radius 2 is 1.85 bits per heavy atom. The molecule has 0 atom stereocenters. The van der Waals surface area contributed by atoms with Gasteiger partial charge in [-0.1, -0.05) is 12.1 Å². The second-order valence-electron chi connectivity index (χ2n) is 5.96. The number of amides is 1. The highest BCUT2D eigenvalue weighted by atomic mass is 32.1. The Bertz CT molecular complexity index is 1110. The summed E-state index contributed by atoms with van der Waals surface area (Å²) in [7, 11) is 0. The van der Waals surface area contributed by atoms with Gasteiger partial charge in [0.25, 0.3) is 5.91 Å². The Morgan fingerprint density at radius 1 is 1.00 bits per heavy atom. The molecule has 2 aromatic carbocycles. The number of benzene rings is 2. The molecule has 0 bridgehead atoms. The Balaban J connectivity index is 1.37. The standard InChI is InChI=1S/C20H14N2O4S/c23-19(21-12-5-6-14-17(11-12)25-10-9-24-14)15-7-8-16(26-15)20-22-13-3-1-2-4-18(13)27-20/h1-8,11H,9-10H2,(H,21,23). The normalized spacial score (nSPS) is 12.9. The molecular weight excluding hydrogens is 364 g/mol. The van der Waals surface area contributed by atoms with E-state index in [0.717, 1.165) is 15.2 Å². The molecule has 1 N–H and O–H groups in total. The van der Waals surface area contributed by atoms with E-state index in [2.05, 4.69) is 10.3 Å². The number of nitrogens with zero attached hydrogens (tertiary/aromatic N) is 1. The van der Waals surface area contributed by atoms with Crippen LogP contribution in [0.15, 0.2) is 59.0 Å². The van der Waals surface area contributed by atoms with E-state index in [9.17, 15) is 4.79 Å². The second kappa shape index (κ2) is 6.44. The Hall–Kier alpha value is -3.32. The van der Waals surface area contributed by atoms with Crippen LogP contribution in [0.5, 0.6) is 11.5 Å². The minimum absolute atomic E-state index is 0.221. The van der Waals surface area contributed by atoms with Gasteiger partial charge in [0, 0.05) is 11.8 Å². The molecule has 0 unspecified atom stereocenters. The fourth-order valence-electron chi connectivity index (χ4n) is 2.87. The third-order valence-electron chi connectivity index (χ3n) is 4.13. The maximum Gasteiger partial charge on any atom is 0.291 e. The molecule has 7 heteroatoms. The van der Waals surface area contributed by atoms with E-state index in [-0.39, 0.29) is 11.7 Å². The highest BCUT2D eigenvalue weighted by molar-refractivity contribution is 7.21. The number of para-hydroxylation sites is 1. The van der Waals surface area contributed by atoms with Crippen LogP contribution in [0.2, 0.25) is 0 Å². The van der Waals surface area contributed by atoms with Gasteiger partial charge >= 0.3 is 0 Å². The smallest absolute Gasteiger partial charge is 0.291 e. The van der Waals surface area contributed by atoms with Crippen molar-refractivity contribution in [2.45, 2.75) is 0 Å². The number of hydrogen-bond donors (Lipinski definition) is 1. The first-order valence-electron chi connectivity index (χ1n) is 8.43. The summed E-state index contributed by atoms with van der Waals surface area (Å²) in [4.78, 5) is 17.1. The van der Waals surface area contributed by atoms with Crippen LogP contribution in [0.3, 0.4) is 0 Å². The maximum absolute atomic E-state index is 12.5. The van der Waals surface area contributed by atoms with Crippen LogP contribution in [0.25, 0.3) is 21.0 Å². The van der Waals surface area contributed by atoms with Crippen LogP contribution in [-0.2, 0) is 0 Å². The number of fused-ring (bicyclic) bond motifs is 2. The first kappa shape index (κ1) is 15.9. The van der Waals surface area contributed by atoms with Crippen molar-refractivity contribution in [2.24, 2.45) is 0 Å². The van der Waals surface area contributed by atoms with Crippen LogP contribution in [0, 0.1) is 0 Å². The summed E-state index contributed by atoms with van der Waals surface area (Å²) in [5.74, 6) is 1.76. The molecule has 0 aliphatic carbocycles. The van der Waals surface area contributed by atoms with Gasteiger partial charge in [-0.15, -0.1) is 11.3 Å². The van der Waals surface area contributed by atoms with Crippen molar-refractivity contribution in [2.75, 3.05) is 18.5 Å². The molecule has 0 fully saturated rings. The maximum atomic E-state index is 12.5. The lowest BCUT2D eigenvalue weighted by Gasteiger charge is -2.18. The van der Waals surface area contributed by atoms with E-state index < -0.39 is 0 Å².